The Hall–Kier alpha value is -4.54. The number of anilines is 2. The number of aromatic nitrogens is 2. The van der Waals surface area contributed by atoms with Crippen LogP contribution in [0.1, 0.15) is 34.3 Å². The summed E-state index contributed by atoms with van der Waals surface area (Å²) in [7, 11) is -4.48. The molecule has 2 aromatic heterocycles. The van der Waals surface area contributed by atoms with Crippen LogP contribution in [-0.4, -0.2) is 49.5 Å². The van der Waals surface area contributed by atoms with Crippen molar-refractivity contribution in [3.8, 4) is 0 Å². The average molecular weight is 766 g/mol. The molecule has 0 saturated heterocycles. The summed E-state index contributed by atoms with van der Waals surface area (Å²) in [6, 6.07) is 23.6. The molecule has 49 heavy (non-hydrogen) atoms. The largest absolute Gasteiger partial charge is 0.302 e. The Kier molecular flexibility index (Phi) is 8.35. The number of halogens is 3. The Bertz CT molecular complexity index is 2470. The fourth-order valence-corrected chi connectivity index (χ4v) is 9.00. The lowest BCUT2D eigenvalue weighted by molar-refractivity contribution is 0.416. The third kappa shape index (κ3) is 5.91. The number of benzene rings is 4. The Labute approximate surface area is 289 Å². The fraction of sp³-hybridized carbons (Fsp3) is 0.118. The van der Waals surface area contributed by atoms with Crippen molar-refractivity contribution in [2.75, 3.05) is 23.5 Å². The van der Waals surface area contributed by atoms with Crippen molar-refractivity contribution < 1.29 is 25.6 Å². The van der Waals surface area contributed by atoms with E-state index in [1.807, 2.05) is 30.3 Å². The smallest absolute Gasteiger partial charge is 0.268 e. The number of hydrogen-bond acceptors (Lipinski definition) is 6. The van der Waals surface area contributed by atoms with Crippen molar-refractivity contribution in [2.45, 2.75) is 12.1 Å². The molecule has 0 saturated carbocycles. The zero-order chi connectivity index (χ0) is 34.7. The van der Waals surface area contributed by atoms with Crippen LogP contribution >= 0.6 is 15.9 Å². The van der Waals surface area contributed by atoms with Crippen LogP contribution in [0, 0.1) is 11.6 Å². The molecule has 4 aromatic carbocycles. The highest BCUT2D eigenvalue weighted by molar-refractivity contribution is 9.10. The first-order valence-corrected chi connectivity index (χ1v) is 18.5. The van der Waals surface area contributed by atoms with Crippen LogP contribution in [0.3, 0.4) is 0 Å². The van der Waals surface area contributed by atoms with Gasteiger partial charge in [0.25, 0.3) is 0 Å². The van der Waals surface area contributed by atoms with Gasteiger partial charge in [-0.05, 0) is 53.6 Å². The van der Waals surface area contributed by atoms with Crippen molar-refractivity contribution in [1.29, 1.82) is 0 Å². The van der Waals surface area contributed by atoms with Gasteiger partial charge < -0.3 is 0 Å². The highest BCUT2D eigenvalue weighted by atomic mass is 79.9. The van der Waals surface area contributed by atoms with E-state index in [4.69, 9.17) is 0 Å². The summed E-state index contributed by atoms with van der Waals surface area (Å²) in [4.78, 5) is 8.67. The van der Waals surface area contributed by atoms with Gasteiger partial charge in [0.2, 0.25) is 0 Å². The number of hydrogen-bond donors (Lipinski definition) is 2. The Balaban J connectivity index is 0.000000154. The molecule has 2 aliphatic heterocycles. The van der Waals surface area contributed by atoms with Crippen LogP contribution in [0.2, 0.25) is 0 Å². The van der Waals surface area contributed by atoms with E-state index in [1.165, 1.54) is 47.0 Å². The molecule has 2 unspecified atom stereocenters. The van der Waals surface area contributed by atoms with Gasteiger partial charge in [-0.2, -0.15) is 25.4 Å². The molecule has 0 spiro atoms. The average Bonchev–Trinajstić information content (AvgIpc) is 3.08. The second kappa shape index (κ2) is 12.4. The SMILES string of the molecule is CN1C(c2ccc(F)cc2)c2cc(Br)c3cccnc3c2NS1(=O)=O.CN1C(c2ccc(F)cc2)c2ccc3cccnc3c2NS1(=O)=O. The topological polar surface area (TPSA) is 125 Å². The van der Waals surface area contributed by atoms with E-state index in [2.05, 4.69) is 35.3 Å². The molecule has 0 bridgehead atoms. The molecule has 8 rings (SSSR count). The number of nitrogens with zero attached hydrogens (tertiary/aromatic N) is 4. The fourth-order valence-electron chi connectivity index (χ4n) is 6.18. The molecule has 0 radical (unpaired) electrons. The summed E-state index contributed by atoms with van der Waals surface area (Å²) in [5, 5.41) is 1.66. The quantitative estimate of drug-likeness (QED) is 0.198. The summed E-state index contributed by atoms with van der Waals surface area (Å²) in [5.74, 6) is -0.733. The first-order valence-electron chi connectivity index (χ1n) is 14.8. The third-order valence-corrected chi connectivity index (χ3v) is 12.1. The van der Waals surface area contributed by atoms with Gasteiger partial charge in [-0.15, -0.1) is 0 Å². The molecule has 2 atom stereocenters. The summed E-state index contributed by atoms with van der Waals surface area (Å²) in [6.07, 6.45) is 3.25. The van der Waals surface area contributed by atoms with E-state index >= 15 is 0 Å². The molecule has 2 aliphatic rings. The molecule has 250 valence electrons. The monoisotopic (exact) mass is 764 g/mol. The van der Waals surface area contributed by atoms with E-state index in [-0.39, 0.29) is 11.6 Å². The van der Waals surface area contributed by atoms with Crippen molar-refractivity contribution >= 4 is 69.5 Å². The van der Waals surface area contributed by atoms with Gasteiger partial charge in [0.1, 0.15) is 11.6 Å². The molecule has 10 nitrogen and oxygen atoms in total. The van der Waals surface area contributed by atoms with E-state index in [0.717, 1.165) is 26.4 Å². The minimum Gasteiger partial charge on any atom is -0.268 e. The molecule has 15 heteroatoms. The zero-order valence-corrected chi connectivity index (χ0v) is 29.1. The van der Waals surface area contributed by atoms with Crippen LogP contribution in [0.4, 0.5) is 20.2 Å². The summed E-state index contributed by atoms with van der Waals surface area (Å²) in [6.45, 7) is 0. The molecule has 0 aliphatic carbocycles. The summed E-state index contributed by atoms with van der Waals surface area (Å²) < 4.78 is 85.4. The zero-order valence-electron chi connectivity index (χ0n) is 25.8. The number of fused-ring (bicyclic) bond motifs is 6. The van der Waals surface area contributed by atoms with Gasteiger partial charge in [0.15, 0.2) is 0 Å². The van der Waals surface area contributed by atoms with Gasteiger partial charge in [-0.1, -0.05) is 64.5 Å². The maximum atomic E-state index is 13.3. The Morgan fingerprint density at radius 3 is 1.71 bits per heavy atom. The van der Waals surface area contributed by atoms with Gasteiger partial charge in [-0.25, -0.2) is 8.78 Å². The van der Waals surface area contributed by atoms with Crippen molar-refractivity contribution in [1.82, 2.24) is 18.6 Å². The maximum absolute atomic E-state index is 13.3. The van der Waals surface area contributed by atoms with Crippen LogP contribution in [0.25, 0.3) is 21.8 Å². The van der Waals surface area contributed by atoms with E-state index in [1.54, 1.807) is 48.8 Å². The maximum Gasteiger partial charge on any atom is 0.302 e. The van der Waals surface area contributed by atoms with Gasteiger partial charge in [0.05, 0.1) is 34.5 Å². The van der Waals surface area contributed by atoms with Crippen molar-refractivity contribution in [2.24, 2.45) is 0 Å². The van der Waals surface area contributed by atoms with Gasteiger partial charge in [0, 0.05) is 52.9 Å². The second-order valence-electron chi connectivity index (χ2n) is 11.5. The van der Waals surface area contributed by atoms with Crippen molar-refractivity contribution in [3.05, 3.63) is 142 Å². The molecule has 0 fully saturated rings. The van der Waals surface area contributed by atoms with Crippen LogP contribution < -0.4 is 9.44 Å². The lowest BCUT2D eigenvalue weighted by Crippen LogP contribution is -2.40. The number of pyridine rings is 2. The normalized spacial score (nSPS) is 19.5. The minimum atomic E-state index is -3.75. The molecule has 2 N–H and O–H groups in total. The van der Waals surface area contributed by atoms with E-state index in [0.29, 0.717) is 33.5 Å². The Morgan fingerprint density at radius 1 is 0.653 bits per heavy atom. The first-order chi connectivity index (χ1) is 23.4. The molecule has 4 heterocycles. The van der Waals surface area contributed by atoms with E-state index < -0.39 is 32.5 Å². The lowest BCUT2D eigenvalue weighted by atomic mass is 9.95. The van der Waals surface area contributed by atoms with Crippen LogP contribution in [-0.2, 0) is 20.4 Å². The molecular weight excluding hydrogens is 738 g/mol. The highest BCUT2D eigenvalue weighted by Crippen LogP contribution is 2.45. The van der Waals surface area contributed by atoms with Gasteiger partial charge in [-0.3, -0.25) is 19.4 Å². The van der Waals surface area contributed by atoms with Crippen LogP contribution in [0.15, 0.2) is 108 Å². The Morgan fingerprint density at radius 2 is 1.14 bits per heavy atom. The highest BCUT2D eigenvalue weighted by Gasteiger charge is 2.38. The lowest BCUT2D eigenvalue weighted by Gasteiger charge is -2.35. The predicted octanol–water partition coefficient (Wildman–Crippen LogP) is 6.89. The molecular formula is C34H27BrF2N6O4S2. The summed E-state index contributed by atoms with van der Waals surface area (Å²) >= 11 is 3.54. The number of nitrogens with one attached hydrogen (secondary N) is 2. The number of rotatable bonds is 2. The first kappa shape index (κ1) is 33.0. The second-order valence-corrected chi connectivity index (χ2v) is 15.8. The van der Waals surface area contributed by atoms with Crippen molar-refractivity contribution in [3.63, 3.8) is 0 Å². The molecule has 6 aromatic rings. The van der Waals surface area contributed by atoms with Crippen LogP contribution in [0.5, 0.6) is 0 Å². The standard InChI is InChI=1S/C17H13BrFN3O2S.C17H14FN3O2S/c1-22-17(10-4-6-11(19)7-5-10)13-9-14(18)12-3-2-8-20-15(12)16(13)21-25(22,23)24;1-21-17(12-4-7-13(18)8-5-12)14-9-6-11-3-2-10-19-15(11)16(14)20-24(21,22)23/h2-9,17,21H,1H3;2-10,17,20H,1H3. The van der Waals surface area contributed by atoms with E-state index in [9.17, 15) is 25.6 Å². The minimum absolute atomic E-state index is 0.362. The van der Waals surface area contributed by atoms with Gasteiger partial charge >= 0.3 is 20.4 Å². The third-order valence-electron chi connectivity index (χ3n) is 8.59. The summed E-state index contributed by atoms with van der Waals surface area (Å²) in [5.41, 5.74) is 4.99. The predicted molar refractivity (Wildman–Crippen MR) is 188 cm³/mol. The molecule has 0 amide bonds.